The van der Waals surface area contributed by atoms with Crippen molar-refractivity contribution in [1.82, 2.24) is 20.1 Å². The molecule has 0 spiro atoms. The molecule has 0 radical (unpaired) electrons. The van der Waals surface area contributed by atoms with Gasteiger partial charge in [0.15, 0.2) is 0 Å². The van der Waals surface area contributed by atoms with Crippen LogP contribution in [0.25, 0.3) is 10.8 Å². The minimum Gasteiger partial charge on any atom is -0.335 e. The predicted molar refractivity (Wildman–Crippen MR) is 123 cm³/mol. The Hall–Kier alpha value is -2.44. The molecule has 2 aromatic rings. The third kappa shape index (κ3) is 5.18. The molecule has 1 unspecified atom stereocenters. The number of nitrogens with one attached hydrogen (secondary N) is 2. The number of likely N-dealkylation sites (tertiary alicyclic amines) is 1. The summed E-state index contributed by atoms with van der Waals surface area (Å²) in [7, 11) is 2.18. The van der Waals surface area contributed by atoms with Gasteiger partial charge in [-0.1, -0.05) is 24.3 Å². The Morgan fingerprint density at radius 3 is 2.73 bits per heavy atom. The van der Waals surface area contributed by atoms with Crippen LogP contribution in [0.3, 0.4) is 0 Å². The van der Waals surface area contributed by atoms with Crippen LogP contribution in [0.2, 0.25) is 0 Å². The molecule has 6 heteroatoms. The van der Waals surface area contributed by atoms with E-state index in [0.29, 0.717) is 25.7 Å². The van der Waals surface area contributed by atoms with Crippen LogP contribution in [0.5, 0.6) is 0 Å². The largest absolute Gasteiger partial charge is 0.335 e. The van der Waals surface area contributed by atoms with Gasteiger partial charge in [-0.3, -0.25) is 9.59 Å². The molecule has 2 aliphatic heterocycles. The van der Waals surface area contributed by atoms with Gasteiger partial charge in [0.2, 0.25) is 5.91 Å². The summed E-state index contributed by atoms with van der Waals surface area (Å²) in [6.07, 6.45) is 6.16. The lowest BCUT2D eigenvalue weighted by molar-refractivity contribution is -0.131. The molecule has 0 aliphatic carbocycles. The zero-order valence-corrected chi connectivity index (χ0v) is 18.2. The number of carbonyl (C=O) groups excluding carboxylic acids is 1. The number of H-pyrrole nitrogens is 1. The number of hydrogen-bond acceptors (Lipinski definition) is 4. The molecule has 2 N–H and O–H groups in total. The monoisotopic (exact) mass is 410 g/mol. The second-order valence-electron chi connectivity index (χ2n) is 8.17. The zero-order chi connectivity index (χ0) is 21.5. The summed E-state index contributed by atoms with van der Waals surface area (Å²) in [6.45, 7) is 8.86. The van der Waals surface area contributed by atoms with Gasteiger partial charge < -0.3 is 20.1 Å². The van der Waals surface area contributed by atoms with E-state index in [2.05, 4.69) is 28.8 Å². The van der Waals surface area contributed by atoms with E-state index in [9.17, 15) is 9.59 Å². The number of benzene rings is 1. The molecule has 1 saturated heterocycles. The number of aromatic amines is 1. The van der Waals surface area contributed by atoms with Crippen molar-refractivity contribution < 1.29 is 4.79 Å². The summed E-state index contributed by atoms with van der Waals surface area (Å²) < 4.78 is 0. The number of aromatic nitrogens is 1. The lowest BCUT2D eigenvalue weighted by Crippen LogP contribution is -2.42. The smallest absolute Gasteiger partial charge is 0.256 e. The van der Waals surface area contributed by atoms with E-state index in [1.807, 2.05) is 36.1 Å². The van der Waals surface area contributed by atoms with Gasteiger partial charge in [0.1, 0.15) is 0 Å². The van der Waals surface area contributed by atoms with Crippen molar-refractivity contribution in [2.75, 3.05) is 33.2 Å². The van der Waals surface area contributed by atoms with Crippen LogP contribution >= 0.6 is 0 Å². The molecule has 1 amide bonds. The molecule has 0 bridgehead atoms. The van der Waals surface area contributed by atoms with Crippen LogP contribution in [0.1, 0.15) is 37.4 Å². The van der Waals surface area contributed by atoms with Gasteiger partial charge in [-0.15, -0.1) is 6.58 Å². The molecule has 1 aromatic carbocycles. The molecule has 1 atom stereocenters. The van der Waals surface area contributed by atoms with E-state index in [-0.39, 0.29) is 11.5 Å². The summed E-state index contributed by atoms with van der Waals surface area (Å²) in [5, 5.41) is 5.05. The van der Waals surface area contributed by atoms with Crippen molar-refractivity contribution in [3.05, 3.63) is 58.5 Å². The minimum atomic E-state index is -0.0718. The van der Waals surface area contributed by atoms with E-state index in [1.165, 1.54) is 24.9 Å². The summed E-state index contributed by atoms with van der Waals surface area (Å²) in [5.74, 6) is 0.106. The average molecular weight is 411 g/mol. The molecule has 0 saturated carbocycles. The number of fused-ring (bicyclic) bond motifs is 3. The van der Waals surface area contributed by atoms with Crippen molar-refractivity contribution in [3.63, 3.8) is 0 Å². The van der Waals surface area contributed by atoms with Gasteiger partial charge in [-0.05, 0) is 69.8 Å². The van der Waals surface area contributed by atoms with Crippen molar-refractivity contribution in [1.29, 1.82) is 0 Å². The standard InChI is InChI=1S/C21H28N4O2.C3H6/c1-24-11-4-5-15(24)8-10-22-13-20(26)25-12-9-17-16-6-2-3-7-18(16)21(27)23-19(17)14-25;1-3-2/h2-3,6-7,15,22H,4-5,8-14H2,1H3,(H,23,27);3H,1H2,2H3. The number of nitrogens with zero attached hydrogens (tertiary/aromatic N) is 2. The van der Waals surface area contributed by atoms with Gasteiger partial charge in [-0.25, -0.2) is 0 Å². The second kappa shape index (κ2) is 10.5. The molecular formula is C24H34N4O2. The van der Waals surface area contributed by atoms with Crippen LogP contribution in [-0.2, 0) is 17.8 Å². The first-order valence-electron chi connectivity index (χ1n) is 10.9. The van der Waals surface area contributed by atoms with E-state index in [1.54, 1.807) is 6.08 Å². The SMILES string of the molecule is C=CC.CN1CCCC1CCNCC(=O)N1CCc2c([nH]c(=O)c3ccccc23)C1. The van der Waals surface area contributed by atoms with Crippen molar-refractivity contribution >= 4 is 16.7 Å². The maximum atomic E-state index is 12.6. The highest BCUT2D eigenvalue weighted by molar-refractivity contribution is 5.86. The predicted octanol–water partition coefficient (Wildman–Crippen LogP) is 2.68. The van der Waals surface area contributed by atoms with Crippen LogP contribution in [0, 0.1) is 0 Å². The number of amides is 1. The highest BCUT2D eigenvalue weighted by atomic mass is 16.2. The van der Waals surface area contributed by atoms with Crippen LogP contribution in [0.15, 0.2) is 41.7 Å². The summed E-state index contributed by atoms with van der Waals surface area (Å²) in [5.41, 5.74) is 1.98. The number of rotatable bonds is 5. The van der Waals surface area contributed by atoms with E-state index >= 15 is 0 Å². The van der Waals surface area contributed by atoms with Crippen LogP contribution in [0.4, 0.5) is 0 Å². The molecular weight excluding hydrogens is 376 g/mol. The van der Waals surface area contributed by atoms with Crippen molar-refractivity contribution in [3.8, 4) is 0 Å². The molecule has 1 fully saturated rings. The van der Waals surface area contributed by atoms with Gasteiger partial charge in [0, 0.05) is 23.7 Å². The molecule has 1 aromatic heterocycles. The first-order chi connectivity index (χ1) is 14.5. The molecule has 162 valence electrons. The zero-order valence-electron chi connectivity index (χ0n) is 18.2. The third-order valence-corrected chi connectivity index (χ3v) is 6.06. The fourth-order valence-electron chi connectivity index (χ4n) is 4.46. The molecule has 2 aliphatic rings. The number of allylic oxidation sites excluding steroid dienone is 1. The van der Waals surface area contributed by atoms with Gasteiger partial charge in [0.25, 0.3) is 5.56 Å². The Morgan fingerprint density at radius 1 is 1.30 bits per heavy atom. The van der Waals surface area contributed by atoms with E-state index in [4.69, 9.17) is 0 Å². The lowest BCUT2D eigenvalue weighted by atomic mass is 9.98. The Morgan fingerprint density at radius 2 is 2.03 bits per heavy atom. The fraction of sp³-hybridized carbons (Fsp3) is 0.500. The van der Waals surface area contributed by atoms with Crippen molar-refractivity contribution in [2.45, 2.75) is 45.2 Å². The number of hydrogen-bond donors (Lipinski definition) is 2. The first-order valence-corrected chi connectivity index (χ1v) is 10.9. The van der Waals surface area contributed by atoms with Crippen molar-refractivity contribution in [2.24, 2.45) is 0 Å². The summed E-state index contributed by atoms with van der Waals surface area (Å²) in [4.78, 5) is 32.1. The van der Waals surface area contributed by atoms with Gasteiger partial charge in [-0.2, -0.15) is 0 Å². The Bertz CT molecular complexity index is 936. The minimum absolute atomic E-state index is 0.0718. The van der Waals surface area contributed by atoms with E-state index in [0.717, 1.165) is 35.9 Å². The number of pyridine rings is 1. The topological polar surface area (TPSA) is 68.4 Å². The normalized spacial score (nSPS) is 18.6. The summed E-state index contributed by atoms with van der Waals surface area (Å²) >= 11 is 0. The molecule has 3 heterocycles. The molecule has 6 nitrogen and oxygen atoms in total. The van der Waals surface area contributed by atoms with Gasteiger partial charge >= 0.3 is 0 Å². The summed E-state index contributed by atoms with van der Waals surface area (Å²) in [6, 6.07) is 8.36. The maximum Gasteiger partial charge on any atom is 0.256 e. The molecule has 4 rings (SSSR count). The van der Waals surface area contributed by atoms with Crippen LogP contribution in [-0.4, -0.2) is 60.0 Å². The second-order valence-corrected chi connectivity index (χ2v) is 8.17. The Labute approximate surface area is 179 Å². The quantitative estimate of drug-likeness (QED) is 0.587. The Kier molecular flexibility index (Phi) is 7.82. The maximum absolute atomic E-state index is 12.6. The van der Waals surface area contributed by atoms with Crippen LogP contribution < -0.4 is 10.9 Å². The fourth-order valence-corrected chi connectivity index (χ4v) is 4.46. The highest BCUT2D eigenvalue weighted by Gasteiger charge is 2.24. The first kappa shape index (κ1) is 22.2. The highest BCUT2D eigenvalue weighted by Crippen LogP contribution is 2.23. The molecule has 30 heavy (non-hydrogen) atoms. The van der Waals surface area contributed by atoms with E-state index < -0.39 is 0 Å². The number of carbonyl (C=O) groups is 1. The lowest BCUT2D eigenvalue weighted by Gasteiger charge is -2.29. The average Bonchev–Trinajstić information content (AvgIpc) is 3.16. The Balaban J connectivity index is 0.000000806. The van der Waals surface area contributed by atoms with Gasteiger partial charge in [0.05, 0.1) is 13.1 Å². The third-order valence-electron chi connectivity index (χ3n) is 6.06.